The molecule has 0 saturated carbocycles. The van der Waals surface area contributed by atoms with E-state index in [0.717, 1.165) is 0 Å². The van der Waals surface area contributed by atoms with Gasteiger partial charge in [-0.15, -0.1) is 6.42 Å². The third-order valence-corrected chi connectivity index (χ3v) is 3.95. The van der Waals surface area contributed by atoms with Crippen molar-refractivity contribution < 1.29 is 23.5 Å². The van der Waals surface area contributed by atoms with Crippen molar-refractivity contribution in [1.29, 1.82) is 0 Å². The van der Waals surface area contributed by atoms with Gasteiger partial charge in [-0.1, -0.05) is 25.8 Å². The minimum Gasteiger partial charge on any atom is -0.494 e. The highest BCUT2D eigenvalue weighted by atomic mass is 19.1. The molecule has 1 atom stereocenters. The van der Waals surface area contributed by atoms with Gasteiger partial charge >= 0.3 is 0 Å². The molecule has 7 heteroatoms. The van der Waals surface area contributed by atoms with Crippen molar-refractivity contribution in [2.24, 2.45) is 11.3 Å². The first-order valence-electron chi connectivity index (χ1n) is 8.01. The summed E-state index contributed by atoms with van der Waals surface area (Å²) in [5.41, 5.74) is -1.26. The Morgan fingerprint density at radius 2 is 1.96 bits per heavy atom. The van der Waals surface area contributed by atoms with E-state index in [4.69, 9.17) is 11.2 Å². The number of imide groups is 1. The Bertz CT molecular complexity index is 768. The molecule has 0 radical (unpaired) electrons. The van der Waals surface area contributed by atoms with E-state index in [1.54, 1.807) is 26.8 Å². The van der Waals surface area contributed by atoms with Crippen molar-refractivity contribution in [2.45, 2.75) is 27.7 Å². The van der Waals surface area contributed by atoms with Crippen LogP contribution in [0.2, 0.25) is 0 Å². The van der Waals surface area contributed by atoms with Gasteiger partial charge in [-0.25, -0.2) is 4.39 Å². The molecule has 0 saturated heterocycles. The zero-order valence-electron chi connectivity index (χ0n) is 15.5. The van der Waals surface area contributed by atoms with Crippen molar-refractivity contribution in [3.8, 4) is 18.1 Å². The molecule has 0 aromatic heterocycles. The summed E-state index contributed by atoms with van der Waals surface area (Å²) in [4.78, 5) is 36.4. The zero-order chi connectivity index (χ0) is 20.1. The lowest BCUT2D eigenvalue weighted by Crippen LogP contribution is -2.48. The molecule has 3 amide bonds. The highest BCUT2D eigenvalue weighted by molar-refractivity contribution is 6.01. The maximum atomic E-state index is 14.4. The summed E-state index contributed by atoms with van der Waals surface area (Å²) in [6.07, 6.45) is 5.42. The molecule has 0 spiro atoms. The van der Waals surface area contributed by atoms with E-state index in [-0.39, 0.29) is 17.9 Å². The van der Waals surface area contributed by atoms with E-state index >= 15 is 0 Å². The minimum absolute atomic E-state index is 0.0688. The number of ether oxygens (including phenoxy) is 1. The zero-order valence-corrected chi connectivity index (χ0v) is 15.5. The molecule has 0 unspecified atom stereocenters. The van der Waals surface area contributed by atoms with Crippen LogP contribution >= 0.6 is 0 Å². The Labute approximate surface area is 152 Å². The van der Waals surface area contributed by atoms with Crippen LogP contribution in [0.15, 0.2) is 12.1 Å². The van der Waals surface area contributed by atoms with Crippen LogP contribution in [-0.2, 0) is 9.59 Å². The van der Waals surface area contributed by atoms with E-state index in [1.807, 2.05) is 0 Å². The van der Waals surface area contributed by atoms with E-state index in [1.165, 1.54) is 20.1 Å². The van der Waals surface area contributed by atoms with E-state index in [9.17, 15) is 18.8 Å². The summed E-state index contributed by atoms with van der Waals surface area (Å²) in [5, 5.41) is 4.67. The van der Waals surface area contributed by atoms with Crippen molar-refractivity contribution >= 4 is 17.7 Å². The van der Waals surface area contributed by atoms with Gasteiger partial charge in [-0.3, -0.25) is 19.7 Å². The van der Waals surface area contributed by atoms with Crippen LogP contribution in [0.3, 0.4) is 0 Å². The summed E-state index contributed by atoms with van der Waals surface area (Å²) < 4.78 is 19.2. The molecule has 0 bridgehead atoms. The molecular formula is C19H23FN2O4. The predicted molar refractivity (Wildman–Crippen MR) is 94.9 cm³/mol. The molecular weight excluding hydrogens is 339 g/mol. The maximum Gasteiger partial charge on any atom is 0.254 e. The fourth-order valence-electron chi connectivity index (χ4n) is 2.03. The van der Waals surface area contributed by atoms with Gasteiger partial charge in [0.25, 0.3) is 5.91 Å². The third kappa shape index (κ3) is 4.60. The van der Waals surface area contributed by atoms with Crippen LogP contribution in [0.1, 0.15) is 36.7 Å². The van der Waals surface area contributed by atoms with Crippen LogP contribution in [-0.4, -0.2) is 31.4 Å². The van der Waals surface area contributed by atoms with Crippen LogP contribution < -0.4 is 15.4 Å². The average Bonchev–Trinajstić information content (AvgIpc) is 2.59. The Kier molecular flexibility index (Phi) is 6.90. The standard InChI is InChI=1S/C19H23FN2O4/c1-7-19(5,18(25)22-16(23)11(2)3)10-21-17(24)14-12(4)8-9-13(26-6)15(14)20/h1,8-9,11H,10H2,2-6H3,(H,21,24)(H,22,23,25)/t19-/m0/s1. The number of hydrogen-bond donors (Lipinski definition) is 2. The number of aryl methyl sites for hydroxylation is 1. The van der Waals surface area contributed by atoms with Gasteiger partial charge in [0.05, 0.1) is 12.7 Å². The molecule has 140 valence electrons. The molecule has 1 aromatic carbocycles. The average molecular weight is 362 g/mol. The molecule has 26 heavy (non-hydrogen) atoms. The fraction of sp³-hybridized carbons (Fsp3) is 0.421. The quantitative estimate of drug-likeness (QED) is 0.756. The molecule has 1 rings (SSSR count). The largest absolute Gasteiger partial charge is 0.494 e. The number of methoxy groups -OCH3 is 1. The molecule has 0 fully saturated rings. The van der Waals surface area contributed by atoms with Crippen molar-refractivity contribution in [3.63, 3.8) is 0 Å². The molecule has 0 aliphatic heterocycles. The second kappa shape index (κ2) is 8.48. The van der Waals surface area contributed by atoms with Gasteiger partial charge in [-0.2, -0.15) is 0 Å². The Morgan fingerprint density at radius 3 is 2.46 bits per heavy atom. The molecule has 6 nitrogen and oxygen atoms in total. The molecule has 0 aliphatic carbocycles. The first-order valence-corrected chi connectivity index (χ1v) is 8.01. The third-order valence-electron chi connectivity index (χ3n) is 3.95. The number of benzene rings is 1. The predicted octanol–water partition coefficient (Wildman–Crippen LogP) is 1.81. The van der Waals surface area contributed by atoms with Crippen molar-refractivity contribution in [1.82, 2.24) is 10.6 Å². The highest BCUT2D eigenvalue weighted by Gasteiger charge is 2.33. The van der Waals surface area contributed by atoms with Gasteiger partial charge in [0, 0.05) is 12.5 Å². The lowest BCUT2D eigenvalue weighted by atomic mass is 9.90. The fourth-order valence-corrected chi connectivity index (χ4v) is 2.03. The van der Waals surface area contributed by atoms with Crippen LogP contribution in [0.25, 0.3) is 0 Å². The lowest BCUT2D eigenvalue weighted by molar-refractivity contribution is -0.135. The van der Waals surface area contributed by atoms with Crippen molar-refractivity contribution in [2.75, 3.05) is 13.7 Å². The number of hydrogen-bond acceptors (Lipinski definition) is 4. The number of halogens is 1. The molecule has 0 heterocycles. The SMILES string of the molecule is C#C[C@@](C)(CNC(=O)c1c(C)ccc(OC)c1F)C(=O)NC(=O)C(C)C. The second-order valence-corrected chi connectivity index (χ2v) is 6.41. The van der Waals surface area contributed by atoms with Crippen LogP contribution in [0.4, 0.5) is 4.39 Å². The second-order valence-electron chi connectivity index (χ2n) is 6.41. The number of amides is 3. The van der Waals surface area contributed by atoms with E-state index in [0.29, 0.717) is 5.56 Å². The number of rotatable bonds is 6. The van der Waals surface area contributed by atoms with Gasteiger partial charge < -0.3 is 10.1 Å². The first kappa shape index (κ1) is 21.2. The van der Waals surface area contributed by atoms with Gasteiger partial charge in [-0.05, 0) is 25.5 Å². The number of carbonyl (C=O) groups excluding carboxylic acids is 3. The number of nitrogens with one attached hydrogen (secondary N) is 2. The summed E-state index contributed by atoms with van der Waals surface area (Å²) in [5.74, 6) is -0.897. The maximum absolute atomic E-state index is 14.4. The van der Waals surface area contributed by atoms with Gasteiger partial charge in [0.15, 0.2) is 11.6 Å². The lowest BCUT2D eigenvalue weighted by Gasteiger charge is -2.23. The number of carbonyl (C=O) groups is 3. The van der Waals surface area contributed by atoms with Crippen molar-refractivity contribution in [3.05, 3.63) is 29.1 Å². The molecule has 2 N–H and O–H groups in total. The number of terminal acetylenes is 1. The summed E-state index contributed by atoms with van der Waals surface area (Å²) in [7, 11) is 1.29. The topological polar surface area (TPSA) is 84.5 Å². The monoisotopic (exact) mass is 362 g/mol. The Hall–Kier alpha value is -2.88. The van der Waals surface area contributed by atoms with Gasteiger partial charge in [0.1, 0.15) is 5.41 Å². The highest BCUT2D eigenvalue weighted by Crippen LogP contribution is 2.23. The molecule has 1 aromatic rings. The van der Waals surface area contributed by atoms with Gasteiger partial charge in [0.2, 0.25) is 11.8 Å². The Balaban J connectivity index is 2.96. The normalized spacial score (nSPS) is 12.7. The summed E-state index contributed by atoms with van der Waals surface area (Å²) in [6, 6.07) is 2.96. The molecule has 0 aliphatic rings. The van der Waals surface area contributed by atoms with Crippen LogP contribution in [0, 0.1) is 36.4 Å². The smallest absolute Gasteiger partial charge is 0.254 e. The summed E-state index contributed by atoms with van der Waals surface area (Å²) >= 11 is 0. The minimum atomic E-state index is -1.47. The summed E-state index contributed by atoms with van der Waals surface area (Å²) in [6.45, 7) is 5.98. The van der Waals surface area contributed by atoms with Crippen LogP contribution in [0.5, 0.6) is 5.75 Å². The van der Waals surface area contributed by atoms with E-state index in [2.05, 4.69) is 16.6 Å². The Morgan fingerprint density at radius 1 is 1.35 bits per heavy atom. The van der Waals surface area contributed by atoms with E-state index < -0.39 is 34.9 Å². The first-order chi connectivity index (χ1) is 12.1.